The molecule has 4 rings (SSSR count). The molecule has 0 aromatic heterocycles. The van der Waals surface area contributed by atoms with Crippen LogP contribution in [0.1, 0.15) is 28.5 Å². The summed E-state index contributed by atoms with van der Waals surface area (Å²) in [6.45, 7) is 6.53. The van der Waals surface area contributed by atoms with E-state index in [9.17, 15) is 9.59 Å². The third-order valence-electron chi connectivity index (χ3n) is 5.09. The van der Waals surface area contributed by atoms with Crippen LogP contribution in [0.2, 0.25) is 0 Å². The van der Waals surface area contributed by atoms with Gasteiger partial charge in [0, 0.05) is 56.0 Å². The lowest BCUT2D eigenvalue weighted by Gasteiger charge is -2.26. The number of carbonyl (C=O) groups excluding carboxylic acids is 2. The summed E-state index contributed by atoms with van der Waals surface area (Å²) in [5.41, 5.74) is 4.10. The van der Waals surface area contributed by atoms with Crippen molar-refractivity contribution < 1.29 is 14.3 Å². The molecule has 0 atom stereocenters. The van der Waals surface area contributed by atoms with E-state index in [2.05, 4.69) is 20.4 Å². The van der Waals surface area contributed by atoms with Gasteiger partial charge in [0.15, 0.2) is 0 Å². The summed E-state index contributed by atoms with van der Waals surface area (Å²) in [6, 6.07) is 1.86. The van der Waals surface area contributed by atoms with E-state index in [-0.39, 0.29) is 11.8 Å². The van der Waals surface area contributed by atoms with Crippen LogP contribution in [0.25, 0.3) is 17.2 Å². The highest BCUT2D eigenvalue weighted by molar-refractivity contribution is 6.01. The number of hydrogen-bond donors (Lipinski definition) is 2. The normalized spacial score (nSPS) is 17.1. The minimum Gasteiger partial charge on any atom is -0.379 e. The average molecular weight is 369 g/mol. The van der Waals surface area contributed by atoms with Gasteiger partial charge in [-0.15, -0.1) is 0 Å². The fraction of sp³-hybridized carbons (Fsp3) is 0.421. The van der Waals surface area contributed by atoms with Crippen LogP contribution < -0.4 is 5.32 Å². The number of nitrogens with one attached hydrogen (secondary N) is 2. The van der Waals surface area contributed by atoms with Crippen LogP contribution in [-0.2, 0) is 16.1 Å². The van der Waals surface area contributed by atoms with Crippen molar-refractivity contribution in [1.29, 1.82) is 0 Å². The molecule has 2 amide bonds. The molecule has 2 N–H and O–H groups in total. The first-order valence-corrected chi connectivity index (χ1v) is 9.16. The topological polar surface area (TPSA) is 90.6 Å². The highest BCUT2D eigenvalue weighted by Crippen LogP contribution is 2.36. The Morgan fingerprint density at radius 1 is 1.33 bits per heavy atom. The van der Waals surface area contributed by atoms with Gasteiger partial charge in [0.25, 0.3) is 5.91 Å². The Bertz CT molecular complexity index is 853. The van der Waals surface area contributed by atoms with Crippen LogP contribution in [0.15, 0.2) is 18.5 Å². The second-order valence-corrected chi connectivity index (χ2v) is 6.82. The molecule has 0 aromatic carbocycles. The standard InChI is InChI=1S/C19H23N5O3/c1-13(25)24-4-2-17-18-14(11-21-22-17)10-15(16(18)12-24)19(26)20-3-5-23-6-8-27-9-7-23/h2,4,10-11,22H,3,5-9,12H2,1H3,(H,20,26). The van der Waals surface area contributed by atoms with Crippen molar-refractivity contribution in [2.24, 2.45) is 0 Å². The van der Waals surface area contributed by atoms with E-state index in [1.807, 2.05) is 12.1 Å². The van der Waals surface area contributed by atoms with Gasteiger partial charge in [-0.1, -0.05) is 0 Å². The Kier molecular flexibility index (Phi) is 4.91. The summed E-state index contributed by atoms with van der Waals surface area (Å²) in [6.07, 6.45) is 5.27. The Hall–Kier alpha value is -2.71. The van der Waals surface area contributed by atoms with E-state index >= 15 is 0 Å². The molecule has 1 saturated heterocycles. The third kappa shape index (κ3) is 3.58. The summed E-state index contributed by atoms with van der Waals surface area (Å²) >= 11 is 0. The summed E-state index contributed by atoms with van der Waals surface area (Å²) in [5, 5.41) is 10.1. The number of amides is 2. The lowest BCUT2D eigenvalue weighted by molar-refractivity contribution is -0.126. The van der Waals surface area contributed by atoms with E-state index in [4.69, 9.17) is 4.74 Å². The Balaban J connectivity index is 1.54. The Morgan fingerprint density at radius 3 is 2.93 bits per heavy atom. The molecular formula is C19H23N5O3. The van der Waals surface area contributed by atoms with Gasteiger partial charge in [-0.05, 0) is 17.7 Å². The number of nitrogens with zero attached hydrogens (tertiary/aromatic N) is 3. The maximum Gasteiger partial charge on any atom is 0.251 e. The van der Waals surface area contributed by atoms with E-state index < -0.39 is 0 Å². The molecule has 3 aliphatic heterocycles. The zero-order valence-electron chi connectivity index (χ0n) is 15.3. The molecule has 8 nitrogen and oxygen atoms in total. The van der Waals surface area contributed by atoms with Crippen LogP contribution in [0.4, 0.5) is 0 Å². The van der Waals surface area contributed by atoms with Crippen molar-refractivity contribution in [2.45, 2.75) is 13.5 Å². The molecule has 1 fully saturated rings. The summed E-state index contributed by atoms with van der Waals surface area (Å²) in [7, 11) is 0. The zero-order chi connectivity index (χ0) is 18.8. The molecule has 3 heterocycles. The minimum atomic E-state index is -0.120. The molecule has 0 aromatic rings. The predicted molar refractivity (Wildman–Crippen MR) is 100 cm³/mol. The van der Waals surface area contributed by atoms with Crippen LogP contribution >= 0.6 is 0 Å². The van der Waals surface area contributed by atoms with Crippen molar-refractivity contribution >= 4 is 17.9 Å². The van der Waals surface area contributed by atoms with Gasteiger partial charge < -0.3 is 15.0 Å². The van der Waals surface area contributed by atoms with Crippen LogP contribution in [0.5, 0.6) is 0 Å². The molecule has 0 spiro atoms. The second-order valence-electron chi connectivity index (χ2n) is 6.82. The SMILES string of the molecule is CC(=O)N1C=Cc2[nH]ncc3cc(C(=O)NCCN4CCOCC4)c(c2-3)C1. The molecule has 0 radical (unpaired) electrons. The van der Waals surface area contributed by atoms with Crippen molar-refractivity contribution in [3.05, 3.63) is 35.3 Å². The predicted octanol–water partition coefficient (Wildman–Crippen LogP) is 0.909. The lowest BCUT2D eigenvalue weighted by Crippen LogP contribution is -2.41. The van der Waals surface area contributed by atoms with Crippen LogP contribution in [-0.4, -0.2) is 71.2 Å². The minimum absolute atomic E-state index is 0.0694. The smallest absolute Gasteiger partial charge is 0.251 e. The zero-order valence-corrected chi connectivity index (χ0v) is 15.3. The highest BCUT2D eigenvalue weighted by Gasteiger charge is 2.27. The monoisotopic (exact) mass is 369 g/mol. The largest absolute Gasteiger partial charge is 0.379 e. The average Bonchev–Trinajstić information content (AvgIpc) is 2.92. The fourth-order valence-corrected chi connectivity index (χ4v) is 3.61. The molecule has 8 heteroatoms. The highest BCUT2D eigenvalue weighted by atomic mass is 16.5. The quantitative estimate of drug-likeness (QED) is 0.836. The second kappa shape index (κ2) is 7.50. The number of morpholine rings is 1. The lowest BCUT2D eigenvalue weighted by atomic mass is 10.1. The first-order chi connectivity index (χ1) is 13.1. The van der Waals surface area contributed by atoms with Gasteiger partial charge >= 0.3 is 0 Å². The summed E-state index contributed by atoms with van der Waals surface area (Å²) < 4.78 is 5.34. The van der Waals surface area contributed by atoms with Gasteiger partial charge in [-0.3, -0.25) is 19.6 Å². The van der Waals surface area contributed by atoms with Gasteiger partial charge in [0.1, 0.15) is 0 Å². The number of carbonyl (C=O) groups is 2. The van der Waals surface area contributed by atoms with Crippen molar-refractivity contribution in [1.82, 2.24) is 25.3 Å². The maximum atomic E-state index is 12.9. The summed E-state index contributed by atoms with van der Waals surface area (Å²) in [4.78, 5) is 28.6. The van der Waals surface area contributed by atoms with Crippen molar-refractivity contribution in [3.8, 4) is 11.1 Å². The summed E-state index contributed by atoms with van der Waals surface area (Å²) in [5.74, 6) is -0.189. The van der Waals surface area contributed by atoms with Crippen LogP contribution in [0.3, 0.4) is 0 Å². The van der Waals surface area contributed by atoms with Crippen molar-refractivity contribution in [2.75, 3.05) is 39.4 Å². The number of aromatic amines is 1. The number of ether oxygens (including phenoxy) is 1. The molecule has 4 aliphatic rings. The molecule has 0 saturated carbocycles. The fourth-order valence-electron chi connectivity index (χ4n) is 3.61. The molecule has 0 unspecified atom stereocenters. The van der Waals surface area contributed by atoms with Gasteiger partial charge in [0.05, 0.1) is 31.6 Å². The number of rotatable bonds is 4. The van der Waals surface area contributed by atoms with E-state index in [1.165, 1.54) is 6.92 Å². The molecular weight excluding hydrogens is 346 g/mol. The van der Waals surface area contributed by atoms with Gasteiger partial charge in [-0.25, -0.2) is 0 Å². The van der Waals surface area contributed by atoms with E-state index in [1.54, 1.807) is 17.3 Å². The van der Waals surface area contributed by atoms with Gasteiger partial charge in [0.2, 0.25) is 5.91 Å². The first-order valence-electron chi connectivity index (χ1n) is 9.16. The number of aromatic nitrogens is 2. The Labute approximate surface area is 157 Å². The van der Waals surface area contributed by atoms with Crippen molar-refractivity contribution in [3.63, 3.8) is 0 Å². The van der Waals surface area contributed by atoms with E-state index in [0.29, 0.717) is 18.7 Å². The first kappa shape index (κ1) is 17.7. The van der Waals surface area contributed by atoms with E-state index in [0.717, 1.165) is 55.2 Å². The maximum absolute atomic E-state index is 12.9. The molecule has 27 heavy (non-hydrogen) atoms. The molecule has 0 bridgehead atoms. The molecule has 1 aliphatic carbocycles. The van der Waals surface area contributed by atoms with Crippen LogP contribution in [0, 0.1) is 0 Å². The third-order valence-corrected chi connectivity index (χ3v) is 5.09. The number of H-pyrrole nitrogens is 1. The molecule has 142 valence electrons. The van der Waals surface area contributed by atoms with Gasteiger partial charge in [-0.2, -0.15) is 5.10 Å². The Morgan fingerprint density at radius 2 is 2.15 bits per heavy atom. The number of hydrogen-bond acceptors (Lipinski definition) is 5.